The van der Waals surface area contributed by atoms with Crippen molar-refractivity contribution in [3.05, 3.63) is 0 Å². The number of likely N-dealkylation sites (N-methyl/N-ethyl adjacent to an activating group) is 1. The van der Waals surface area contributed by atoms with Crippen LogP contribution in [0.4, 0.5) is 0 Å². The fourth-order valence-corrected chi connectivity index (χ4v) is 2.03. The number of rotatable bonds is 4. The summed E-state index contributed by atoms with van der Waals surface area (Å²) in [5.41, 5.74) is 4.63. The van der Waals surface area contributed by atoms with E-state index in [0.717, 1.165) is 19.6 Å². The third-order valence-corrected chi connectivity index (χ3v) is 2.76. The predicted molar refractivity (Wildman–Crippen MR) is 65.1 cm³/mol. The number of carbonyl (C=O) groups is 2. The third kappa shape index (κ3) is 6.23. The van der Waals surface area contributed by atoms with E-state index >= 15 is 0 Å². The lowest BCUT2D eigenvalue weighted by Crippen LogP contribution is -2.46. The van der Waals surface area contributed by atoms with Gasteiger partial charge in [-0.15, -0.1) is 0 Å². The normalized spacial score (nSPS) is 20.1. The first-order valence-corrected chi connectivity index (χ1v) is 6.02. The quantitative estimate of drug-likeness (QED) is 0.558. The highest BCUT2D eigenvalue weighted by molar-refractivity contribution is 5.81. The molecule has 6 nitrogen and oxygen atoms in total. The van der Waals surface area contributed by atoms with Gasteiger partial charge in [-0.1, -0.05) is 0 Å². The van der Waals surface area contributed by atoms with Crippen molar-refractivity contribution in [2.75, 3.05) is 33.2 Å². The molecule has 0 aromatic carbocycles. The van der Waals surface area contributed by atoms with Crippen molar-refractivity contribution >= 4 is 11.8 Å². The molecule has 1 heterocycles. The molecule has 1 rings (SSSR count). The minimum absolute atomic E-state index is 0.188. The van der Waals surface area contributed by atoms with Crippen molar-refractivity contribution in [3.8, 4) is 0 Å². The van der Waals surface area contributed by atoms with Crippen LogP contribution in [0, 0.1) is 5.92 Å². The summed E-state index contributed by atoms with van der Waals surface area (Å²) in [4.78, 5) is 24.0. The third-order valence-electron chi connectivity index (χ3n) is 2.76. The molecule has 1 atom stereocenters. The summed E-state index contributed by atoms with van der Waals surface area (Å²) in [5.74, 6) is 0.159. The number of nitrogens with one attached hydrogen (secondary N) is 3. The van der Waals surface area contributed by atoms with Crippen LogP contribution in [-0.2, 0) is 9.59 Å². The van der Waals surface area contributed by atoms with Crippen LogP contribution < -0.4 is 16.2 Å². The molecule has 1 aliphatic heterocycles. The maximum absolute atomic E-state index is 11.4. The number of carbonyl (C=O) groups excluding carboxylic acids is 2. The molecule has 0 aromatic heterocycles. The second-order valence-corrected chi connectivity index (χ2v) is 4.64. The van der Waals surface area contributed by atoms with Crippen LogP contribution >= 0.6 is 0 Å². The fraction of sp³-hybridized carbons (Fsp3) is 0.818. The fourth-order valence-electron chi connectivity index (χ4n) is 2.03. The van der Waals surface area contributed by atoms with E-state index in [1.165, 1.54) is 19.8 Å². The van der Waals surface area contributed by atoms with Gasteiger partial charge in [0.1, 0.15) is 0 Å². The molecule has 0 aliphatic carbocycles. The summed E-state index contributed by atoms with van der Waals surface area (Å²) < 4.78 is 0. The lowest BCUT2D eigenvalue weighted by molar-refractivity contribution is -0.128. The van der Waals surface area contributed by atoms with Crippen LogP contribution in [0.3, 0.4) is 0 Å². The molecular weight excluding hydrogens is 220 g/mol. The largest absolute Gasteiger partial charge is 0.316 e. The molecular formula is C11H22N4O2. The number of hydrogen-bond acceptors (Lipinski definition) is 4. The van der Waals surface area contributed by atoms with E-state index < -0.39 is 0 Å². The Kier molecular flexibility index (Phi) is 5.93. The van der Waals surface area contributed by atoms with Crippen molar-refractivity contribution in [1.29, 1.82) is 0 Å². The number of hydrogen-bond donors (Lipinski definition) is 3. The highest BCUT2D eigenvalue weighted by atomic mass is 16.2. The molecule has 1 aliphatic rings. The molecule has 2 amide bonds. The Bertz CT molecular complexity index is 264. The Hall–Kier alpha value is -1.14. The Labute approximate surface area is 102 Å². The van der Waals surface area contributed by atoms with Gasteiger partial charge in [0.15, 0.2) is 0 Å². The van der Waals surface area contributed by atoms with Crippen molar-refractivity contribution in [2.24, 2.45) is 5.92 Å². The minimum atomic E-state index is -0.266. The molecule has 17 heavy (non-hydrogen) atoms. The van der Waals surface area contributed by atoms with E-state index in [2.05, 4.69) is 16.2 Å². The second-order valence-electron chi connectivity index (χ2n) is 4.64. The molecule has 0 saturated carbocycles. The summed E-state index contributed by atoms with van der Waals surface area (Å²) in [6, 6.07) is 0. The van der Waals surface area contributed by atoms with Crippen molar-refractivity contribution in [2.45, 2.75) is 19.8 Å². The zero-order valence-electron chi connectivity index (χ0n) is 10.6. The summed E-state index contributed by atoms with van der Waals surface area (Å²) in [5, 5.41) is 3.35. The van der Waals surface area contributed by atoms with Gasteiger partial charge in [-0.3, -0.25) is 25.3 Å². The second kappa shape index (κ2) is 7.24. The average molecular weight is 242 g/mol. The van der Waals surface area contributed by atoms with Gasteiger partial charge in [-0.25, -0.2) is 0 Å². The monoisotopic (exact) mass is 242 g/mol. The molecule has 1 fully saturated rings. The number of hydrazine groups is 1. The lowest BCUT2D eigenvalue weighted by atomic mass is 9.99. The first-order chi connectivity index (χ1) is 8.08. The zero-order chi connectivity index (χ0) is 12.7. The summed E-state index contributed by atoms with van der Waals surface area (Å²) in [6.07, 6.45) is 2.42. The molecule has 0 spiro atoms. The molecule has 6 heteroatoms. The first kappa shape index (κ1) is 13.9. The lowest BCUT2D eigenvalue weighted by Gasteiger charge is -2.27. The smallest absolute Gasteiger partial charge is 0.252 e. The van der Waals surface area contributed by atoms with E-state index in [0.29, 0.717) is 12.5 Å². The summed E-state index contributed by atoms with van der Waals surface area (Å²) in [6.45, 7) is 4.69. The van der Waals surface area contributed by atoms with E-state index in [-0.39, 0.29) is 11.8 Å². The molecule has 0 aromatic rings. The Balaban J connectivity index is 2.16. The number of amides is 2. The Morgan fingerprint density at radius 1 is 1.41 bits per heavy atom. The van der Waals surface area contributed by atoms with Crippen molar-refractivity contribution in [3.63, 3.8) is 0 Å². The minimum Gasteiger partial charge on any atom is -0.316 e. The number of nitrogens with zero attached hydrogens (tertiary/aromatic N) is 1. The maximum atomic E-state index is 11.4. The van der Waals surface area contributed by atoms with Gasteiger partial charge in [-0.2, -0.15) is 0 Å². The Morgan fingerprint density at radius 2 is 2.18 bits per heavy atom. The van der Waals surface area contributed by atoms with Crippen molar-refractivity contribution < 1.29 is 9.59 Å². The SMILES string of the molecule is CC(=O)NNC(=O)CN(C)CC1CCCNC1. The van der Waals surface area contributed by atoms with Gasteiger partial charge in [-0.05, 0) is 38.9 Å². The van der Waals surface area contributed by atoms with E-state index in [4.69, 9.17) is 0 Å². The molecule has 0 bridgehead atoms. The summed E-state index contributed by atoms with van der Waals surface area (Å²) in [7, 11) is 1.92. The standard InChI is InChI=1S/C11H22N4O2/c1-9(16)13-14-11(17)8-15(2)7-10-4-3-5-12-6-10/h10,12H,3-8H2,1-2H3,(H,13,16)(H,14,17). The molecule has 0 radical (unpaired) electrons. The van der Waals surface area contributed by atoms with Gasteiger partial charge in [0.25, 0.3) is 5.91 Å². The predicted octanol–water partition coefficient (Wildman–Crippen LogP) is -0.915. The van der Waals surface area contributed by atoms with Crippen LogP contribution in [0.15, 0.2) is 0 Å². The highest BCUT2D eigenvalue weighted by Crippen LogP contribution is 2.10. The van der Waals surface area contributed by atoms with Crippen molar-refractivity contribution in [1.82, 2.24) is 21.1 Å². The molecule has 98 valence electrons. The van der Waals surface area contributed by atoms with Gasteiger partial charge >= 0.3 is 0 Å². The maximum Gasteiger partial charge on any atom is 0.252 e. The number of piperidine rings is 1. The highest BCUT2D eigenvalue weighted by Gasteiger charge is 2.16. The van der Waals surface area contributed by atoms with Gasteiger partial charge in [0.2, 0.25) is 5.91 Å². The van der Waals surface area contributed by atoms with Crippen LogP contribution in [-0.4, -0.2) is 49.9 Å². The van der Waals surface area contributed by atoms with Crippen LogP contribution in [0.5, 0.6) is 0 Å². The first-order valence-electron chi connectivity index (χ1n) is 6.02. The molecule has 1 unspecified atom stereocenters. The van der Waals surface area contributed by atoms with E-state index in [1.54, 1.807) is 0 Å². The van der Waals surface area contributed by atoms with Crippen LogP contribution in [0.2, 0.25) is 0 Å². The van der Waals surface area contributed by atoms with Crippen LogP contribution in [0.1, 0.15) is 19.8 Å². The summed E-state index contributed by atoms with van der Waals surface area (Å²) >= 11 is 0. The molecule has 1 saturated heterocycles. The van der Waals surface area contributed by atoms with Gasteiger partial charge in [0, 0.05) is 13.5 Å². The topological polar surface area (TPSA) is 73.5 Å². The van der Waals surface area contributed by atoms with Gasteiger partial charge in [0.05, 0.1) is 6.54 Å². The average Bonchev–Trinajstić information content (AvgIpc) is 2.27. The van der Waals surface area contributed by atoms with Crippen LogP contribution in [0.25, 0.3) is 0 Å². The van der Waals surface area contributed by atoms with Gasteiger partial charge < -0.3 is 5.32 Å². The Morgan fingerprint density at radius 3 is 2.76 bits per heavy atom. The molecule has 3 N–H and O–H groups in total. The zero-order valence-corrected chi connectivity index (χ0v) is 10.6. The van der Waals surface area contributed by atoms with E-state index in [1.807, 2.05) is 11.9 Å². The van der Waals surface area contributed by atoms with E-state index in [9.17, 15) is 9.59 Å².